The van der Waals surface area contributed by atoms with Crippen molar-refractivity contribution in [2.75, 3.05) is 36.9 Å². The Morgan fingerprint density at radius 1 is 1.14 bits per heavy atom. The van der Waals surface area contributed by atoms with Crippen LogP contribution in [0.4, 0.5) is 5.69 Å². The molecule has 0 aromatic heterocycles. The fourth-order valence-corrected chi connectivity index (χ4v) is 5.47. The van der Waals surface area contributed by atoms with Crippen LogP contribution in [0.3, 0.4) is 0 Å². The van der Waals surface area contributed by atoms with Crippen LogP contribution in [-0.4, -0.2) is 54.4 Å². The summed E-state index contributed by atoms with van der Waals surface area (Å²) in [7, 11) is 0. The van der Waals surface area contributed by atoms with E-state index in [2.05, 4.69) is 65.4 Å². The topological polar surface area (TPSA) is 59.9 Å². The fourth-order valence-electron chi connectivity index (χ4n) is 4.33. The number of aliphatic hydroxyl groups is 1. The number of benzene rings is 1. The molecule has 0 spiro atoms. The van der Waals surface area contributed by atoms with Gasteiger partial charge in [-0.25, -0.2) is 4.99 Å². The van der Waals surface area contributed by atoms with Crippen LogP contribution in [-0.2, 0) is 6.54 Å². The Hall–Kier alpha value is -1.40. The lowest BCUT2D eigenvalue weighted by atomic mass is 9.97. The Morgan fingerprint density at radius 3 is 2.55 bits per heavy atom. The molecule has 0 amide bonds. The Balaban J connectivity index is 1.51. The second kappa shape index (κ2) is 11.7. The van der Waals surface area contributed by atoms with Gasteiger partial charge in [0.25, 0.3) is 0 Å². The van der Waals surface area contributed by atoms with Crippen LogP contribution in [0.25, 0.3) is 0 Å². The van der Waals surface area contributed by atoms with E-state index in [-0.39, 0.29) is 0 Å². The lowest BCUT2D eigenvalue weighted by Crippen LogP contribution is -2.42. The average molecular weight is 419 g/mol. The van der Waals surface area contributed by atoms with Crippen molar-refractivity contribution in [3.63, 3.8) is 0 Å². The molecule has 3 N–H and O–H groups in total. The van der Waals surface area contributed by atoms with E-state index < -0.39 is 0 Å². The van der Waals surface area contributed by atoms with Crippen molar-refractivity contribution in [3.05, 3.63) is 29.8 Å². The average Bonchev–Trinajstić information content (AvgIpc) is 3.20. The number of aliphatic hydroxyl groups excluding tert-OH is 1. The normalized spacial score (nSPS) is 23.4. The minimum atomic E-state index is 0.325. The molecule has 3 rings (SSSR count). The number of nitrogens with zero attached hydrogens (tertiary/aromatic N) is 2. The number of rotatable bonds is 8. The molecule has 5 nitrogen and oxygen atoms in total. The van der Waals surface area contributed by atoms with Crippen LogP contribution in [0.1, 0.15) is 51.5 Å². The van der Waals surface area contributed by atoms with Crippen molar-refractivity contribution in [1.82, 2.24) is 10.6 Å². The van der Waals surface area contributed by atoms with Crippen LogP contribution in [0.2, 0.25) is 0 Å². The van der Waals surface area contributed by atoms with Crippen molar-refractivity contribution in [3.8, 4) is 0 Å². The minimum absolute atomic E-state index is 0.325. The Bertz CT molecular complexity index is 628. The fraction of sp³-hybridized carbons (Fsp3) is 0.696. The maximum atomic E-state index is 9.31. The van der Waals surface area contributed by atoms with Crippen molar-refractivity contribution >= 4 is 23.4 Å². The third kappa shape index (κ3) is 6.82. The summed E-state index contributed by atoms with van der Waals surface area (Å²) in [4.78, 5) is 7.25. The summed E-state index contributed by atoms with van der Waals surface area (Å²) in [5, 5.41) is 17.2. The first-order chi connectivity index (χ1) is 14.2. The number of aliphatic imine (C=N–C) groups is 1. The van der Waals surface area contributed by atoms with Crippen LogP contribution < -0.4 is 15.5 Å². The molecule has 1 aromatic carbocycles. The van der Waals surface area contributed by atoms with Crippen molar-refractivity contribution < 1.29 is 5.11 Å². The van der Waals surface area contributed by atoms with Crippen LogP contribution in [0.5, 0.6) is 0 Å². The standard InChI is InChI=1S/C23H38N4OS/c1-3-24-23(26-20-7-10-22(15-20)29-4-2)25-16-18-5-8-21(9-6-18)27-13-11-19(17-28)12-14-27/h5-6,8-9,19-20,22,28H,3-4,7,10-17H2,1-2H3,(H2,24,25,26). The second-order valence-electron chi connectivity index (χ2n) is 8.21. The van der Waals surface area contributed by atoms with Crippen molar-refractivity contribution in [2.24, 2.45) is 10.9 Å². The largest absolute Gasteiger partial charge is 0.396 e. The number of hydrogen-bond donors (Lipinski definition) is 3. The van der Waals surface area contributed by atoms with Gasteiger partial charge in [-0.05, 0) is 68.4 Å². The molecule has 1 aromatic rings. The van der Waals surface area contributed by atoms with Gasteiger partial charge in [-0.3, -0.25) is 0 Å². The van der Waals surface area contributed by atoms with E-state index >= 15 is 0 Å². The smallest absolute Gasteiger partial charge is 0.191 e. The number of piperidine rings is 1. The Labute approximate surface area is 180 Å². The number of guanidine groups is 1. The number of hydrogen-bond acceptors (Lipinski definition) is 4. The zero-order valence-corrected chi connectivity index (χ0v) is 18.9. The Morgan fingerprint density at radius 2 is 1.90 bits per heavy atom. The van der Waals surface area contributed by atoms with Gasteiger partial charge in [0.2, 0.25) is 0 Å². The van der Waals surface area contributed by atoms with Gasteiger partial charge in [-0.2, -0.15) is 11.8 Å². The molecule has 2 fully saturated rings. The lowest BCUT2D eigenvalue weighted by molar-refractivity contribution is 0.203. The summed E-state index contributed by atoms with van der Waals surface area (Å²) in [6.45, 7) is 8.35. The zero-order valence-electron chi connectivity index (χ0n) is 18.1. The summed E-state index contributed by atoms with van der Waals surface area (Å²) < 4.78 is 0. The lowest BCUT2D eigenvalue weighted by Gasteiger charge is -2.32. The van der Waals surface area contributed by atoms with Crippen LogP contribution in [0, 0.1) is 5.92 Å². The molecule has 162 valence electrons. The molecule has 1 aliphatic carbocycles. The molecule has 6 heteroatoms. The SMILES string of the molecule is CCNC(=NCc1ccc(N2CCC(CO)CC2)cc1)NC1CCC(SCC)C1. The van der Waals surface area contributed by atoms with Gasteiger partial charge in [0.15, 0.2) is 5.96 Å². The van der Waals surface area contributed by atoms with E-state index in [9.17, 15) is 5.11 Å². The summed E-state index contributed by atoms with van der Waals surface area (Å²) in [5.41, 5.74) is 2.52. The highest BCUT2D eigenvalue weighted by Crippen LogP contribution is 2.29. The van der Waals surface area contributed by atoms with E-state index in [1.807, 2.05) is 0 Å². The first-order valence-electron chi connectivity index (χ1n) is 11.3. The molecule has 2 atom stereocenters. The monoisotopic (exact) mass is 418 g/mol. The summed E-state index contributed by atoms with van der Waals surface area (Å²) in [5.74, 6) is 2.63. The summed E-state index contributed by atoms with van der Waals surface area (Å²) >= 11 is 2.09. The molecule has 2 unspecified atom stereocenters. The zero-order chi connectivity index (χ0) is 20.5. The van der Waals surface area contributed by atoms with E-state index in [4.69, 9.17) is 4.99 Å². The van der Waals surface area contributed by atoms with Crippen molar-refractivity contribution in [2.45, 2.75) is 63.8 Å². The molecule has 1 saturated heterocycles. The highest BCUT2D eigenvalue weighted by molar-refractivity contribution is 7.99. The highest BCUT2D eigenvalue weighted by Gasteiger charge is 2.25. The van der Waals surface area contributed by atoms with E-state index in [1.54, 1.807) is 0 Å². The van der Waals surface area contributed by atoms with Gasteiger partial charge in [-0.15, -0.1) is 0 Å². The minimum Gasteiger partial charge on any atom is -0.396 e. The maximum Gasteiger partial charge on any atom is 0.191 e. The molecule has 1 heterocycles. The van der Waals surface area contributed by atoms with Gasteiger partial charge in [0, 0.05) is 43.2 Å². The number of thioether (sulfide) groups is 1. The molecule has 1 aliphatic heterocycles. The van der Waals surface area contributed by atoms with Gasteiger partial charge in [0.05, 0.1) is 6.54 Å². The van der Waals surface area contributed by atoms with E-state index in [1.165, 1.54) is 36.3 Å². The summed E-state index contributed by atoms with van der Waals surface area (Å²) in [6, 6.07) is 9.37. The molecule has 0 bridgehead atoms. The van der Waals surface area contributed by atoms with E-state index in [0.717, 1.165) is 43.7 Å². The molecule has 1 saturated carbocycles. The molecule has 29 heavy (non-hydrogen) atoms. The van der Waals surface area contributed by atoms with Crippen molar-refractivity contribution in [1.29, 1.82) is 0 Å². The predicted molar refractivity (Wildman–Crippen MR) is 126 cm³/mol. The van der Waals surface area contributed by atoms with Gasteiger partial charge < -0.3 is 20.6 Å². The number of nitrogens with one attached hydrogen (secondary N) is 2. The summed E-state index contributed by atoms with van der Waals surface area (Å²) in [6.07, 6.45) is 5.96. The van der Waals surface area contributed by atoms with E-state index in [0.29, 0.717) is 25.1 Å². The molecular weight excluding hydrogens is 380 g/mol. The first-order valence-corrected chi connectivity index (χ1v) is 12.4. The van der Waals surface area contributed by atoms with Crippen LogP contribution in [0.15, 0.2) is 29.3 Å². The van der Waals surface area contributed by atoms with Gasteiger partial charge >= 0.3 is 0 Å². The maximum absolute atomic E-state index is 9.31. The molecular formula is C23H38N4OS. The Kier molecular flexibility index (Phi) is 8.99. The number of anilines is 1. The van der Waals surface area contributed by atoms with Gasteiger partial charge in [0.1, 0.15) is 0 Å². The third-order valence-electron chi connectivity index (χ3n) is 6.07. The van der Waals surface area contributed by atoms with Crippen LogP contribution >= 0.6 is 11.8 Å². The molecule has 0 radical (unpaired) electrons. The second-order valence-corrected chi connectivity index (χ2v) is 9.78. The van der Waals surface area contributed by atoms with Gasteiger partial charge in [-0.1, -0.05) is 19.1 Å². The predicted octanol–water partition coefficient (Wildman–Crippen LogP) is 3.62. The molecule has 2 aliphatic rings. The highest BCUT2D eigenvalue weighted by atomic mass is 32.2. The first kappa shape index (κ1) is 22.3. The quantitative estimate of drug-likeness (QED) is 0.445. The third-order valence-corrected chi connectivity index (χ3v) is 7.30.